The van der Waals surface area contributed by atoms with E-state index in [4.69, 9.17) is 16.9 Å². The molecule has 1 aromatic heterocycles. The van der Waals surface area contributed by atoms with Crippen LogP contribution in [-0.2, 0) is 0 Å². The van der Waals surface area contributed by atoms with E-state index >= 15 is 0 Å². The summed E-state index contributed by atoms with van der Waals surface area (Å²) < 4.78 is 0. The highest BCUT2D eigenvalue weighted by molar-refractivity contribution is 7.15. The summed E-state index contributed by atoms with van der Waals surface area (Å²) in [5.41, 5.74) is 0. The SMILES string of the molecule is C[C@H]1[C@H](NC(=O)c2sc(C#N)cc2Cl)C2CCN1CC2. The molecule has 0 unspecified atom stereocenters. The Balaban J connectivity index is 1.76. The molecule has 0 aliphatic carbocycles. The number of amides is 1. The van der Waals surface area contributed by atoms with Gasteiger partial charge in [0.1, 0.15) is 15.8 Å². The number of nitrogens with zero attached hydrogens (tertiary/aromatic N) is 2. The highest BCUT2D eigenvalue weighted by atomic mass is 35.5. The molecular weight excluding hydrogens is 294 g/mol. The molecule has 4 heterocycles. The minimum Gasteiger partial charge on any atom is -0.347 e. The van der Waals surface area contributed by atoms with E-state index < -0.39 is 0 Å². The molecule has 2 atom stereocenters. The summed E-state index contributed by atoms with van der Waals surface area (Å²) >= 11 is 7.20. The molecule has 3 fully saturated rings. The number of piperidine rings is 3. The molecule has 1 aromatic rings. The molecule has 106 valence electrons. The molecule has 3 aliphatic heterocycles. The lowest BCUT2D eigenvalue weighted by Gasteiger charge is -2.49. The first kappa shape index (κ1) is 13.9. The van der Waals surface area contributed by atoms with E-state index in [1.807, 2.05) is 6.07 Å². The second kappa shape index (κ2) is 5.36. The number of nitrogens with one attached hydrogen (secondary N) is 1. The van der Waals surface area contributed by atoms with Gasteiger partial charge in [0.15, 0.2) is 0 Å². The molecule has 0 radical (unpaired) electrons. The lowest BCUT2D eigenvalue weighted by molar-refractivity contribution is 0.0218. The lowest BCUT2D eigenvalue weighted by Crippen LogP contribution is -2.62. The van der Waals surface area contributed by atoms with Crippen LogP contribution in [0.25, 0.3) is 0 Å². The van der Waals surface area contributed by atoms with Crippen LogP contribution in [-0.4, -0.2) is 36.0 Å². The monoisotopic (exact) mass is 309 g/mol. The number of hydrogen-bond donors (Lipinski definition) is 1. The Kier molecular flexibility index (Phi) is 3.72. The van der Waals surface area contributed by atoms with Crippen molar-refractivity contribution < 1.29 is 4.79 Å². The van der Waals surface area contributed by atoms with Crippen molar-refractivity contribution in [3.8, 4) is 6.07 Å². The van der Waals surface area contributed by atoms with Crippen molar-refractivity contribution in [1.29, 1.82) is 5.26 Å². The average Bonchev–Trinajstić information content (AvgIpc) is 2.84. The molecule has 2 bridgehead atoms. The van der Waals surface area contributed by atoms with Crippen LogP contribution in [0.1, 0.15) is 34.3 Å². The van der Waals surface area contributed by atoms with Gasteiger partial charge >= 0.3 is 0 Å². The first-order valence-electron chi connectivity index (χ1n) is 6.84. The number of carbonyl (C=O) groups is 1. The van der Waals surface area contributed by atoms with Crippen LogP contribution in [0.2, 0.25) is 5.02 Å². The smallest absolute Gasteiger partial charge is 0.263 e. The molecule has 0 saturated carbocycles. The van der Waals surface area contributed by atoms with Crippen molar-refractivity contribution in [2.24, 2.45) is 5.92 Å². The predicted octanol–water partition coefficient (Wildman–Crippen LogP) is 2.49. The molecule has 3 aliphatic rings. The minimum atomic E-state index is -0.146. The number of hydrogen-bond acceptors (Lipinski definition) is 4. The largest absolute Gasteiger partial charge is 0.347 e. The fourth-order valence-electron chi connectivity index (χ4n) is 3.34. The highest BCUT2D eigenvalue weighted by Gasteiger charge is 2.40. The predicted molar refractivity (Wildman–Crippen MR) is 79.1 cm³/mol. The molecule has 1 N–H and O–H groups in total. The maximum Gasteiger partial charge on any atom is 0.263 e. The number of carbonyl (C=O) groups excluding carboxylic acids is 1. The quantitative estimate of drug-likeness (QED) is 0.913. The van der Waals surface area contributed by atoms with Gasteiger partial charge in [0.25, 0.3) is 5.91 Å². The van der Waals surface area contributed by atoms with E-state index in [1.54, 1.807) is 6.07 Å². The molecule has 20 heavy (non-hydrogen) atoms. The molecule has 4 rings (SSSR count). The van der Waals surface area contributed by atoms with Crippen LogP contribution in [0.4, 0.5) is 0 Å². The number of thiophene rings is 1. The fourth-order valence-corrected chi connectivity index (χ4v) is 4.47. The van der Waals surface area contributed by atoms with E-state index in [2.05, 4.69) is 17.1 Å². The van der Waals surface area contributed by atoms with Gasteiger partial charge in [0, 0.05) is 12.1 Å². The Labute approximate surface area is 127 Å². The first-order valence-corrected chi connectivity index (χ1v) is 8.04. The van der Waals surface area contributed by atoms with Crippen LogP contribution in [0.3, 0.4) is 0 Å². The second-order valence-corrected chi connectivity index (χ2v) is 6.97. The summed E-state index contributed by atoms with van der Waals surface area (Å²) in [6.45, 7) is 4.44. The Morgan fingerprint density at radius 3 is 2.80 bits per heavy atom. The van der Waals surface area contributed by atoms with Gasteiger partial charge in [-0.3, -0.25) is 9.69 Å². The first-order chi connectivity index (χ1) is 9.60. The topological polar surface area (TPSA) is 56.1 Å². The average molecular weight is 310 g/mol. The third-order valence-corrected chi connectivity index (χ3v) is 5.93. The van der Waals surface area contributed by atoms with Crippen LogP contribution < -0.4 is 5.32 Å². The third kappa shape index (κ3) is 2.32. The summed E-state index contributed by atoms with van der Waals surface area (Å²) in [5.74, 6) is 0.417. The van der Waals surface area contributed by atoms with Gasteiger partial charge in [-0.25, -0.2) is 0 Å². The van der Waals surface area contributed by atoms with Gasteiger partial charge in [0.05, 0.1) is 5.02 Å². The third-order valence-electron chi connectivity index (χ3n) is 4.48. The van der Waals surface area contributed by atoms with Crippen molar-refractivity contribution in [3.05, 3.63) is 20.8 Å². The standard InChI is InChI=1S/C14H16ClN3OS/c1-8-12(9-2-4-18(8)5-3-9)17-14(19)13-11(15)6-10(7-16)20-13/h6,8-9,12H,2-5H2,1H3,(H,17,19)/t8-,12-/m0/s1. The van der Waals surface area contributed by atoms with Crippen molar-refractivity contribution in [1.82, 2.24) is 10.2 Å². The second-order valence-electron chi connectivity index (χ2n) is 5.51. The number of halogens is 1. The molecule has 6 heteroatoms. The normalized spacial score (nSPS) is 31.9. The Hall–Kier alpha value is -1.09. The summed E-state index contributed by atoms with van der Waals surface area (Å²) in [4.78, 5) is 15.7. The molecule has 0 spiro atoms. The minimum absolute atomic E-state index is 0.146. The highest BCUT2D eigenvalue weighted by Crippen LogP contribution is 2.33. The van der Waals surface area contributed by atoms with E-state index in [0.717, 1.165) is 37.3 Å². The van der Waals surface area contributed by atoms with Crippen molar-refractivity contribution in [2.45, 2.75) is 31.8 Å². The van der Waals surface area contributed by atoms with Gasteiger partial charge in [0.2, 0.25) is 0 Å². The van der Waals surface area contributed by atoms with Crippen molar-refractivity contribution in [2.75, 3.05) is 13.1 Å². The van der Waals surface area contributed by atoms with E-state index in [9.17, 15) is 4.79 Å². The van der Waals surface area contributed by atoms with E-state index in [1.165, 1.54) is 0 Å². The maximum absolute atomic E-state index is 12.4. The zero-order chi connectivity index (χ0) is 14.3. The van der Waals surface area contributed by atoms with Crippen LogP contribution in [0.5, 0.6) is 0 Å². The van der Waals surface area contributed by atoms with Crippen molar-refractivity contribution >= 4 is 28.8 Å². The van der Waals surface area contributed by atoms with E-state index in [-0.39, 0.29) is 11.9 Å². The zero-order valence-corrected chi connectivity index (χ0v) is 12.8. The van der Waals surface area contributed by atoms with E-state index in [0.29, 0.717) is 26.7 Å². The molecule has 0 aromatic carbocycles. The van der Waals surface area contributed by atoms with Crippen LogP contribution >= 0.6 is 22.9 Å². The Morgan fingerprint density at radius 2 is 2.25 bits per heavy atom. The van der Waals surface area contributed by atoms with Gasteiger partial charge in [-0.1, -0.05) is 11.6 Å². The van der Waals surface area contributed by atoms with Crippen LogP contribution in [0, 0.1) is 17.2 Å². The number of fused-ring (bicyclic) bond motifs is 3. The molecular formula is C14H16ClN3OS. The van der Waals surface area contributed by atoms with Gasteiger partial charge in [-0.15, -0.1) is 11.3 Å². The molecule has 1 amide bonds. The number of nitriles is 1. The van der Waals surface area contributed by atoms with Gasteiger partial charge in [-0.05, 0) is 44.8 Å². The van der Waals surface area contributed by atoms with Gasteiger partial charge in [-0.2, -0.15) is 5.26 Å². The van der Waals surface area contributed by atoms with Crippen LogP contribution in [0.15, 0.2) is 6.07 Å². The fraction of sp³-hybridized carbons (Fsp3) is 0.571. The summed E-state index contributed by atoms with van der Waals surface area (Å²) in [6, 6.07) is 4.15. The lowest BCUT2D eigenvalue weighted by atomic mass is 9.79. The summed E-state index contributed by atoms with van der Waals surface area (Å²) in [6.07, 6.45) is 2.30. The Bertz CT molecular complexity index is 569. The van der Waals surface area contributed by atoms with Crippen molar-refractivity contribution in [3.63, 3.8) is 0 Å². The molecule has 3 saturated heterocycles. The zero-order valence-electron chi connectivity index (χ0n) is 11.2. The van der Waals surface area contributed by atoms with Gasteiger partial charge < -0.3 is 5.32 Å². The maximum atomic E-state index is 12.4. The molecule has 4 nitrogen and oxygen atoms in total. The summed E-state index contributed by atoms with van der Waals surface area (Å²) in [7, 11) is 0. The number of rotatable bonds is 2. The Morgan fingerprint density at radius 1 is 1.55 bits per heavy atom. The summed E-state index contributed by atoms with van der Waals surface area (Å²) in [5, 5.41) is 12.4.